The molecule has 0 heterocycles. The molecule has 0 saturated heterocycles. The van der Waals surface area contributed by atoms with Gasteiger partial charge in [0.15, 0.2) is 0 Å². The Morgan fingerprint density at radius 3 is 2.40 bits per heavy atom. The Morgan fingerprint density at radius 1 is 1.20 bits per heavy atom. The molecule has 0 saturated carbocycles. The average Bonchev–Trinajstić information content (AvgIpc) is 1.87. The summed E-state index contributed by atoms with van der Waals surface area (Å²) in [5.74, 6) is 0. The molecular formula is C6H12O3P. The lowest BCUT2D eigenvalue weighted by Crippen LogP contribution is -1.84. The Hall–Kier alpha value is -0.140. The van der Waals surface area contributed by atoms with Gasteiger partial charge in [0.05, 0.1) is 6.61 Å². The summed E-state index contributed by atoms with van der Waals surface area (Å²) < 4.78 is 24.0. The second-order valence-corrected chi connectivity index (χ2v) is 2.68. The van der Waals surface area contributed by atoms with E-state index in [-0.39, 0.29) is 0 Å². The van der Waals surface area contributed by atoms with E-state index in [0.29, 0.717) is 6.61 Å². The number of hydrogen-bond donors (Lipinski definition) is 0. The van der Waals surface area contributed by atoms with Crippen molar-refractivity contribution >= 4 is 7.91 Å². The molecule has 10 heavy (non-hydrogen) atoms. The van der Waals surface area contributed by atoms with E-state index in [4.69, 9.17) is 0 Å². The number of unbranched alkanes of at least 4 members (excludes halogenated alkanes) is 3. The van der Waals surface area contributed by atoms with Gasteiger partial charge in [0.2, 0.25) is 0 Å². The van der Waals surface area contributed by atoms with Gasteiger partial charge in [-0.1, -0.05) is 26.2 Å². The summed E-state index contributed by atoms with van der Waals surface area (Å²) in [6.45, 7) is 3.98. The normalized spacial score (nSPS) is 9.70. The lowest BCUT2D eigenvalue weighted by Gasteiger charge is -1.93. The molecule has 0 spiro atoms. The minimum atomic E-state index is -2.64. The smallest absolute Gasteiger partial charge is 0.271 e. The molecule has 0 N–H and O–H groups in total. The van der Waals surface area contributed by atoms with Crippen LogP contribution in [-0.4, -0.2) is 6.61 Å². The molecule has 0 unspecified atom stereocenters. The summed E-state index contributed by atoms with van der Waals surface area (Å²) in [5.41, 5.74) is 0. The van der Waals surface area contributed by atoms with E-state index in [0.717, 1.165) is 25.7 Å². The Morgan fingerprint density at radius 2 is 1.90 bits per heavy atom. The summed E-state index contributed by atoms with van der Waals surface area (Å²) in [7, 11) is -2.64. The second-order valence-electron chi connectivity index (χ2n) is 1.97. The Kier molecular flexibility index (Phi) is 6.88. The molecule has 0 atom stereocenters. The fourth-order valence-corrected chi connectivity index (χ4v) is 0.873. The fraction of sp³-hybridized carbons (Fsp3) is 0.833. The highest BCUT2D eigenvalue weighted by Gasteiger charge is 1.90. The summed E-state index contributed by atoms with van der Waals surface area (Å²) in [6, 6.07) is 0. The van der Waals surface area contributed by atoms with Crippen LogP contribution in [0.1, 0.15) is 25.7 Å². The highest BCUT2D eigenvalue weighted by atomic mass is 31.1. The average molecular weight is 163 g/mol. The van der Waals surface area contributed by atoms with Crippen LogP contribution >= 0.6 is 7.91 Å². The third kappa shape index (κ3) is 7.86. The molecular weight excluding hydrogens is 151 g/mol. The van der Waals surface area contributed by atoms with Crippen molar-refractivity contribution in [2.45, 2.75) is 25.7 Å². The first-order chi connectivity index (χ1) is 4.77. The van der Waals surface area contributed by atoms with Crippen molar-refractivity contribution in [3.63, 3.8) is 0 Å². The van der Waals surface area contributed by atoms with Gasteiger partial charge in [-0.05, 0) is 6.42 Å². The van der Waals surface area contributed by atoms with Crippen molar-refractivity contribution in [3.8, 4) is 0 Å². The first-order valence-electron chi connectivity index (χ1n) is 3.34. The van der Waals surface area contributed by atoms with Gasteiger partial charge in [0.25, 0.3) is 0 Å². The molecule has 0 aromatic carbocycles. The highest BCUT2D eigenvalue weighted by Crippen LogP contribution is 2.07. The van der Waals surface area contributed by atoms with Crippen molar-refractivity contribution < 1.29 is 13.7 Å². The SMILES string of the molecule is [CH2]CCCCCOP(=O)=O. The summed E-state index contributed by atoms with van der Waals surface area (Å²) in [5, 5.41) is 0. The molecule has 0 aliphatic carbocycles. The van der Waals surface area contributed by atoms with Gasteiger partial charge in [-0.25, -0.2) is 9.13 Å². The molecule has 0 bridgehead atoms. The zero-order valence-electron chi connectivity index (χ0n) is 5.91. The first kappa shape index (κ1) is 9.86. The van der Waals surface area contributed by atoms with Crippen LogP contribution in [0.3, 0.4) is 0 Å². The van der Waals surface area contributed by atoms with Gasteiger partial charge in [0, 0.05) is 0 Å². The van der Waals surface area contributed by atoms with Crippen molar-refractivity contribution in [2.24, 2.45) is 0 Å². The van der Waals surface area contributed by atoms with E-state index < -0.39 is 7.91 Å². The van der Waals surface area contributed by atoms with E-state index in [1.165, 1.54) is 0 Å². The van der Waals surface area contributed by atoms with Gasteiger partial charge in [-0.2, -0.15) is 0 Å². The van der Waals surface area contributed by atoms with E-state index >= 15 is 0 Å². The minimum absolute atomic E-state index is 0.318. The zero-order chi connectivity index (χ0) is 7.82. The molecule has 59 valence electrons. The van der Waals surface area contributed by atoms with Crippen LogP contribution in [0.5, 0.6) is 0 Å². The van der Waals surface area contributed by atoms with E-state index in [1.807, 2.05) is 0 Å². The summed E-state index contributed by atoms with van der Waals surface area (Å²) in [4.78, 5) is 0. The van der Waals surface area contributed by atoms with E-state index in [9.17, 15) is 9.13 Å². The molecule has 1 radical (unpaired) electrons. The Bertz CT molecular complexity index is 123. The minimum Gasteiger partial charge on any atom is -0.271 e. The lowest BCUT2D eigenvalue weighted by molar-refractivity contribution is 0.295. The zero-order valence-corrected chi connectivity index (χ0v) is 6.81. The van der Waals surface area contributed by atoms with Crippen LogP contribution < -0.4 is 0 Å². The summed E-state index contributed by atoms with van der Waals surface area (Å²) in [6.07, 6.45) is 3.74. The monoisotopic (exact) mass is 163 g/mol. The molecule has 0 aromatic rings. The predicted octanol–water partition coefficient (Wildman–Crippen LogP) is 2.49. The maximum Gasteiger partial charge on any atom is 0.468 e. The van der Waals surface area contributed by atoms with Crippen LogP contribution in [0, 0.1) is 6.92 Å². The van der Waals surface area contributed by atoms with Gasteiger partial charge in [-0.15, -0.1) is 0 Å². The van der Waals surface area contributed by atoms with Crippen LogP contribution in [-0.2, 0) is 13.7 Å². The molecule has 3 nitrogen and oxygen atoms in total. The maximum atomic E-state index is 9.83. The van der Waals surface area contributed by atoms with Gasteiger partial charge < -0.3 is 0 Å². The van der Waals surface area contributed by atoms with Gasteiger partial charge in [-0.3, -0.25) is 4.52 Å². The van der Waals surface area contributed by atoms with Crippen molar-refractivity contribution in [1.29, 1.82) is 0 Å². The molecule has 0 amide bonds. The standard InChI is InChI=1S/C6H12O3P/c1-2-3-4-5-6-9-10(7)8/h1-6H2. The van der Waals surface area contributed by atoms with Gasteiger partial charge >= 0.3 is 7.91 Å². The maximum absolute atomic E-state index is 9.83. The predicted molar refractivity (Wildman–Crippen MR) is 38.1 cm³/mol. The fourth-order valence-electron chi connectivity index (χ4n) is 0.595. The summed E-state index contributed by atoms with van der Waals surface area (Å²) >= 11 is 0. The highest BCUT2D eigenvalue weighted by molar-refractivity contribution is 7.24. The lowest BCUT2D eigenvalue weighted by atomic mass is 10.2. The van der Waals surface area contributed by atoms with Crippen LogP contribution in [0.25, 0.3) is 0 Å². The van der Waals surface area contributed by atoms with Gasteiger partial charge in [0.1, 0.15) is 0 Å². The van der Waals surface area contributed by atoms with Crippen LogP contribution in [0.15, 0.2) is 0 Å². The number of hydrogen-bond acceptors (Lipinski definition) is 3. The largest absolute Gasteiger partial charge is 0.468 e. The van der Waals surface area contributed by atoms with E-state index in [2.05, 4.69) is 11.4 Å². The van der Waals surface area contributed by atoms with Crippen molar-refractivity contribution in [1.82, 2.24) is 0 Å². The topological polar surface area (TPSA) is 43.4 Å². The third-order valence-electron chi connectivity index (χ3n) is 1.09. The molecule has 0 aromatic heterocycles. The van der Waals surface area contributed by atoms with Crippen molar-refractivity contribution in [3.05, 3.63) is 6.92 Å². The molecule has 4 heteroatoms. The second kappa shape index (κ2) is 6.97. The Labute approximate surface area is 61.7 Å². The first-order valence-corrected chi connectivity index (χ1v) is 4.43. The third-order valence-corrected chi connectivity index (χ3v) is 1.48. The van der Waals surface area contributed by atoms with E-state index in [1.54, 1.807) is 0 Å². The number of rotatable bonds is 6. The molecule has 0 aliphatic rings. The van der Waals surface area contributed by atoms with Crippen LogP contribution in [0.4, 0.5) is 0 Å². The quantitative estimate of drug-likeness (QED) is 0.446. The van der Waals surface area contributed by atoms with Crippen LogP contribution in [0.2, 0.25) is 0 Å². The molecule has 0 fully saturated rings. The molecule has 0 aliphatic heterocycles. The van der Waals surface area contributed by atoms with Crippen molar-refractivity contribution in [2.75, 3.05) is 6.61 Å². The molecule has 0 rings (SSSR count). The Balaban J connectivity index is 2.91.